The summed E-state index contributed by atoms with van der Waals surface area (Å²) in [7, 11) is 0. The third-order valence-corrected chi connectivity index (χ3v) is 0.683. The Kier molecular flexibility index (Phi) is 6.02. The first kappa shape index (κ1) is 7.01. The van der Waals surface area contributed by atoms with E-state index in [2.05, 4.69) is 17.5 Å². The molecule has 0 aromatic heterocycles. The van der Waals surface area contributed by atoms with Crippen molar-refractivity contribution in [2.24, 2.45) is 0 Å². The van der Waals surface area contributed by atoms with E-state index in [-0.39, 0.29) is 6.61 Å². The molecule has 7 heavy (non-hydrogen) atoms. The molecular formula is C4H9NOS. The number of aliphatic hydroxyl groups excluding tert-OH is 1. The van der Waals surface area contributed by atoms with E-state index in [1.807, 2.05) is 0 Å². The quantitative estimate of drug-likeness (QED) is 0.389. The van der Waals surface area contributed by atoms with Gasteiger partial charge in [0.15, 0.2) is 0 Å². The largest absolute Gasteiger partial charge is 0.395 e. The Balaban J connectivity index is 2.56. The molecule has 3 heteroatoms. The number of aliphatic hydroxyl groups is 1. The zero-order valence-corrected chi connectivity index (χ0v) is 4.87. The van der Waals surface area contributed by atoms with Gasteiger partial charge in [-0.05, 0) is 5.37 Å². The van der Waals surface area contributed by atoms with Gasteiger partial charge in [-0.3, -0.25) is 0 Å². The first-order chi connectivity index (χ1) is 3.41. The van der Waals surface area contributed by atoms with Crippen LogP contribution in [-0.4, -0.2) is 30.2 Å². The van der Waals surface area contributed by atoms with Crippen LogP contribution in [0.3, 0.4) is 0 Å². The van der Waals surface area contributed by atoms with Crippen LogP contribution in [0.1, 0.15) is 0 Å². The van der Waals surface area contributed by atoms with Gasteiger partial charge in [0.2, 0.25) is 0 Å². The fourth-order valence-electron chi connectivity index (χ4n) is 0.240. The van der Waals surface area contributed by atoms with Crippen LogP contribution in [-0.2, 0) is 0 Å². The predicted octanol–water partition coefficient (Wildman–Crippen LogP) is -0.432. The highest BCUT2D eigenvalue weighted by Gasteiger charge is 1.75. The summed E-state index contributed by atoms with van der Waals surface area (Å²) in [6, 6.07) is 0. The second kappa shape index (κ2) is 6.01. The van der Waals surface area contributed by atoms with Crippen LogP contribution in [0.25, 0.3) is 0 Å². The van der Waals surface area contributed by atoms with Crippen LogP contribution in [0.5, 0.6) is 0 Å². The van der Waals surface area contributed by atoms with Crippen LogP contribution >= 0.6 is 12.2 Å². The number of hydrogen-bond acceptors (Lipinski definition) is 3. The molecule has 0 aromatic rings. The highest BCUT2D eigenvalue weighted by molar-refractivity contribution is 7.79. The van der Waals surface area contributed by atoms with E-state index < -0.39 is 0 Å². The van der Waals surface area contributed by atoms with Gasteiger partial charge in [-0.2, -0.15) is 0 Å². The summed E-state index contributed by atoms with van der Waals surface area (Å²) < 4.78 is 0. The average Bonchev–Trinajstić information content (AvgIpc) is 1.69. The molecule has 2 N–H and O–H groups in total. The van der Waals surface area contributed by atoms with Gasteiger partial charge < -0.3 is 10.4 Å². The molecule has 0 saturated heterocycles. The van der Waals surface area contributed by atoms with Crippen molar-refractivity contribution in [3.05, 3.63) is 0 Å². The standard InChI is InChI=1S/C4H9NOS/c6-3-1-5-2-4-7/h4-6H,1-3H2. The SMILES string of the molecule is OCCNCC=S. The molecule has 0 spiro atoms. The molecule has 0 amide bonds. The Morgan fingerprint density at radius 2 is 2.43 bits per heavy atom. The van der Waals surface area contributed by atoms with E-state index in [0.717, 1.165) is 0 Å². The molecule has 0 aromatic carbocycles. The second-order valence-electron chi connectivity index (χ2n) is 1.09. The predicted molar refractivity (Wildman–Crippen MR) is 33.6 cm³/mol. The van der Waals surface area contributed by atoms with Crippen LogP contribution in [0, 0.1) is 0 Å². The molecule has 2 nitrogen and oxygen atoms in total. The van der Waals surface area contributed by atoms with Crippen LogP contribution in [0.2, 0.25) is 0 Å². The minimum absolute atomic E-state index is 0.184. The lowest BCUT2D eigenvalue weighted by Crippen LogP contribution is -2.19. The van der Waals surface area contributed by atoms with E-state index in [1.165, 1.54) is 0 Å². The molecule has 0 fully saturated rings. The monoisotopic (exact) mass is 119 g/mol. The maximum atomic E-state index is 8.18. The smallest absolute Gasteiger partial charge is 0.0556 e. The van der Waals surface area contributed by atoms with Gasteiger partial charge in [0.25, 0.3) is 0 Å². The fourth-order valence-corrected chi connectivity index (χ4v) is 0.358. The molecule has 0 atom stereocenters. The third-order valence-electron chi connectivity index (χ3n) is 0.516. The van der Waals surface area contributed by atoms with Crippen LogP contribution in [0.4, 0.5) is 0 Å². The molecule has 42 valence electrons. The summed E-state index contributed by atoms with van der Waals surface area (Å²) in [5.41, 5.74) is 0. The normalized spacial score (nSPS) is 8.71. The first-order valence-electron chi connectivity index (χ1n) is 2.17. The van der Waals surface area contributed by atoms with Gasteiger partial charge in [-0.1, -0.05) is 12.2 Å². The van der Waals surface area contributed by atoms with Crippen molar-refractivity contribution in [1.29, 1.82) is 0 Å². The van der Waals surface area contributed by atoms with Gasteiger partial charge in [-0.15, -0.1) is 0 Å². The Morgan fingerprint density at radius 3 is 2.86 bits per heavy atom. The fraction of sp³-hybridized carbons (Fsp3) is 0.750. The zero-order valence-electron chi connectivity index (χ0n) is 4.05. The number of nitrogens with one attached hydrogen (secondary N) is 1. The molecular weight excluding hydrogens is 110 g/mol. The highest BCUT2D eigenvalue weighted by Crippen LogP contribution is 1.53. The average molecular weight is 119 g/mol. The van der Waals surface area contributed by atoms with Gasteiger partial charge in [-0.25, -0.2) is 0 Å². The van der Waals surface area contributed by atoms with Gasteiger partial charge in [0.1, 0.15) is 0 Å². The third kappa shape index (κ3) is 6.01. The van der Waals surface area contributed by atoms with Crippen LogP contribution < -0.4 is 5.32 Å². The maximum absolute atomic E-state index is 8.18. The van der Waals surface area contributed by atoms with Crippen molar-refractivity contribution in [3.63, 3.8) is 0 Å². The Labute approximate surface area is 48.5 Å². The van der Waals surface area contributed by atoms with Gasteiger partial charge >= 0.3 is 0 Å². The minimum Gasteiger partial charge on any atom is -0.395 e. The molecule has 0 rings (SSSR count). The van der Waals surface area contributed by atoms with Crippen molar-refractivity contribution in [3.8, 4) is 0 Å². The van der Waals surface area contributed by atoms with Crippen molar-refractivity contribution in [2.45, 2.75) is 0 Å². The molecule has 0 aliphatic rings. The molecule has 0 aliphatic carbocycles. The molecule has 0 bridgehead atoms. The van der Waals surface area contributed by atoms with Crippen molar-refractivity contribution >= 4 is 17.6 Å². The Bertz CT molecular complexity index is 49.0. The summed E-state index contributed by atoms with van der Waals surface area (Å²) in [6.07, 6.45) is 0. The van der Waals surface area contributed by atoms with E-state index in [4.69, 9.17) is 5.11 Å². The lowest BCUT2D eigenvalue weighted by atomic mass is 10.6. The van der Waals surface area contributed by atoms with E-state index in [0.29, 0.717) is 13.1 Å². The van der Waals surface area contributed by atoms with Gasteiger partial charge in [0.05, 0.1) is 6.61 Å². The highest BCUT2D eigenvalue weighted by atomic mass is 32.1. The van der Waals surface area contributed by atoms with E-state index >= 15 is 0 Å². The minimum atomic E-state index is 0.184. The topological polar surface area (TPSA) is 32.3 Å². The lowest BCUT2D eigenvalue weighted by Gasteiger charge is -1.91. The number of hydrogen-bond donors (Lipinski definition) is 2. The van der Waals surface area contributed by atoms with E-state index in [9.17, 15) is 0 Å². The Hall–Kier alpha value is 0.01000. The molecule has 0 unspecified atom stereocenters. The van der Waals surface area contributed by atoms with Crippen molar-refractivity contribution in [2.75, 3.05) is 19.7 Å². The van der Waals surface area contributed by atoms with Crippen molar-refractivity contribution in [1.82, 2.24) is 5.32 Å². The van der Waals surface area contributed by atoms with Crippen LogP contribution in [0.15, 0.2) is 0 Å². The lowest BCUT2D eigenvalue weighted by molar-refractivity contribution is 0.295. The summed E-state index contributed by atoms with van der Waals surface area (Å²) in [4.78, 5) is 0. The summed E-state index contributed by atoms with van der Waals surface area (Å²) in [5.74, 6) is 0. The molecule has 0 heterocycles. The number of thiocarbonyl (C=S) groups is 1. The van der Waals surface area contributed by atoms with E-state index in [1.54, 1.807) is 5.37 Å². The second-order valence-corrected chi connectivity index (χ2v) is 1.43. The van der Waals surface area contributed by atoms with Crippen molar-refractivity contribution < 1.29 is 5.11 Å². The molecule has 0 saturated carbocycles. The summed E-state index contributed by atoms with van der Waals surface area (Å²) in [6.45, 7) is 1.52. The summed E-state index contributed by atoms with van der Waals surface area (Å²) >= 11 is 4.50. The number of rotatable bonds is 4. The molecule has 0 aliphatic heterocycles. The Morgan fingerprint density at radius 1 is 1.71 bits per heavy atom. The van der Waals surface area contributed by atoms with Gasteiger partial charge in [0, 0.05) is 13.1 Å². The maximum Gasteiger partial charge on any atom is 0.0556 e. The zero-order chi connectivity index (χ0) is 5.54. The molecule has 0 radical (unpaired) electrons. The summed E-state index contributed by atoms with van der Waals surface area (Å²) in [5, 5.41) is 12.7. The first-order valence-corrected chi connectivity index (χ1v) is 2.64.